The molecule has 0 saturated carbocycles. The molecule has 0 radical (unpaired) electrons. The number of hydrogen-bond acceptors (Lipinski definition) is 2. The van der Waals surface area contributed by atoms with Gasteiger partial charge in [-0.1, -0.05) is 22.0 Å². The van der Waals surface area contributed by atoms with E-state index in [0.717, 1.165) is 23.1 Å². The standard InChI is InChI=1S/C13H15BrO2/c14-10-2-1-3-12(8-10)15-9-13-6-4-11(16-13)5-7-13/h1-3,8,11H,4-7,9H2/i6D2. The van der Waals surface area contributed by atoms with Crippen molar-refractivity contribution in [2.45, 2.75) is 37.3 Å². The SMILES string of the molecule is [2H]C1([2H])CC2CCC1(COc1cccc(Br)c1)O2. The summed E-state index contributed by atoms with van der Waals surface area (Å²) in [6.45, 7) is 0.285. The summed E-state index contributed by atoms with van der Waals surface area (Å²) >= 11 is 3.39. The molecule has 2 aliphatic rings. The van der Waals surface area contributed by atoms with Gasteiger partial charge < -0.3 is 9.47 Å². The molecule has 1 aromatic rings. The highest BCUT2D eigenvalue weighted by molar-refractivity contribution is 9.10. The molecule has 3 rings (SSSR count). The third-order valence-electron chi connectivity index (χ3n) is 3.18. The normalized spacial score (nSPS) is 36.9. The van der Waals surface area contributed by atoms with Crippen LogP contribution in [0.2, 0.25) is 0 Å². The largest absolute Gasteiger partial charge is 0.491 e. The van der Waals surface area contributed by atoms with Crippen molar-refractivity contribution in [3.63, 3.8) is 0 Å². The first kappa shape index (κ1) is 8.54. The second-order valence-corrected chi connectivity index (χ2v) is 5.32. The van der Waals surface area contributed by atoms with E-state index in [2.05, 4.69) is 15.9 Å². The Morgan fingerprint density at radius 3 is 3.19 bits per heavy atom. The van der Waals surface area contributed by atoms with Gasteiger partial charge in [0.1, 0.15) is 18.0 Å². The van der Waals surface area contributed by atoms with E-state index in [1.807, 2.05) is 24.3 Å². The Hall–Kier alpha value is -0.540. The van der Waals surface area contributed by atoms with Gasteiger partial charge in [-0.3, -0.25) is 0 Å². The van der Waals surface area contributed by atoms with Crippen LogP contribution in [0.4, 0.5) is 0 Å². The molecule has 2 fully saturated rings. The molecule has 2 aliphatic heterocycles. The average Bonchev–Trinajstić information content (AvgIpc) is 2.81. The van der Waals surface area contributed by atoms with E-state index in [9.17, 15) is 0 Å². The minimum Gasteiger partial charge on any atom is -0.491 e. The van der Waals surface area contributed by atoms with Gasteiger partial charge in [0, 0.05) is 7.21 Å². The predicted molar refractivity (Wildman–Crippen MR) is 65.7 cm³/mol. The molecule has 2 nitrogen and oxygen atoms in total. The van der Waals surface area contributed by atoms with E-state index in [1.165, 1.54) is 0 Å². The third kappa shape index (κ3) is 1.98. The maximum Gasteiger partial charge on any atom is 0.120 e. The molecule has 2 atom stereocenters. The molecule has 0 aliphatic carbocycles. The molecular formula is C13H15BrO2. The third-order valence-corrected chi connectivity index (χ3v) is 3.68. The summed E-state index contributed by atoms with van der Waals surface area (Å²) in [4.78, 5) is 0. The number of ether oxygens (including phenoxy) is 2. The summed E-state index contributed by atoms with van der Waals surface area (Å²) in [5, 5.41) is 0. The van der Waals surface area contributed by atoms with Gasteiger partial charge in [-0.15, -0.1) is 0 Å². The number of rotatable bonds is 3. The molecule has 2 unspecified atom stereocenters. The van der Waals surface area contributed by atoms with Gasteiger partial charge in [0.2, 0.25) is 0 Å². The summed E-state index contributed by atoms with van der Waals surface area (Å²) in [5.74, 6) is 0.744. The van der Waals surface area contributed by atoms with Crippen LogP contribution in [-0.2, 0) is 4.74 Å². The Bertz CT molecular complexity index is 466. The highest BCUT2D eigenvalue weighted by atomic mass is 79.9. The molecule has 2 bridgehead atoms. The van der Waals surface area contributed by atoms with Gasteiger partial charge in [0.05, 0.1) is 6.10 Å². The van der Waals surface area contributed by atoms with Crippen LogP contribution in [0.15, 0.2) is 28.7 Å². The Kier molecular flexibility index (Phi) is 2.16. The van der Waals surface area contributed by atoms with E-state index < -0.39 is 12.0 Å². The number of benzene rings is 1. The summed E-state index contributed by atoms with van der Waals surface area (Å²) in [6.07, 6.45) is 0.989. The second-order valence-electron chi connectivity index (χ2n) is 4.40. The lowest BCUT2D eigenvalue weighted by Gasteiger charge is -2.24. The highest BCUT2D eigenvalue weighted by Crippen LogP contribution is 2.43. The zero-order valence-electron chi connectivity index (χ0n) is 10.9. The molecule has 16 heavy (non-hydrogen) atoms. The molecule has 2 heterocycles. The summed E-state index contributed by atoms with van der Waals surface area (Å²) in [6, 6.07) is 7.59. The van der Waals surface area contributed by atoms with Crippen molar-refractivity contribution in [1.82, 2.24) is 0 Å². The molecule has 0 N–H and O–H groups in total. The lowest BCUT2D eigenvalue weighted by atomic mass is 9.89. The van der Waals surface area contributed by atoms with Crippen molar-refractivity contribution in [2.75, 3.05) is 6.61 Å². The molecular weight excluding hydrogens is 268 g/mol. The van der Waals surface area contributed by atoms with Crippen molar-refractivity contribution >= 4 is 15.9 Å². The first-order valence-electron chi connectivity index (χ1n) is 6.57. The van der Waals surface area contributed by atoms with Gasteiger partial charge in [0.25, 0.3) is 0 Å². The fourth-order valence-corrected chi connectivity index (χ4v) is 2.70. The lowest BCUT2D eigenvalue weighted by molar-refractivity contribution is -0.0198. The molecule has 3 heteroatoms. The van der Waals surface area contributed by atoms with Crippen molar-refractivity contribution < 1.29 is 12.2 Å². The van der Waals surface area contributed by atoms with Gasteiger partial charge in [-0.05, 0) is 43.8 Å². The molecule has 0 spiro atoms. The first-order valence-corrected chi connectivity index (χ1v) is 6.36. The highest BCUT2D eigenvalue weighted by Gasteiger charge is 2.46. The van der Waals surface area contributed by atoms with Crippen LogP contribution in [0.5, 0.6) is 5.75 Å². The van der Waals surface area contributed by atoms with Crippen molar-refractivity contribution in [1.29, 1.82) is 0 Å². The maximum atomic E-state index is 8.08. The zero-order valence-corrected chi connectivity index (χ0v) is 10.5. The van der Waals surface area contributed by atoms with Crippen molar-refractivity contribution in [2.24, 2.45) is 0 Å². The van der Waals surface area contributed by atoms with E-state index in [0.29, 0.717) is 6.42 Å². The van der Waals surface area contributed by atoms with Gasteiger partial charge in [0.15, 0.2) is 0 Å². The first-order chi connectivity index (χ1) is 8.51. The van der Waals surface area contributed by atoms with Crippen LogP contribution in [-0.4, -0.2) is 18.3 Å². The summed E-state index contributed by atoms with van der Waals surface area (Å²) in [5.41, 5.74) is -0.750. The van der Waals surface area contributed by atoms with E-state index >= 15 is 0 Å². The van der Waals surface area contributed by atoms with Crippen LogP contribution in [0, 0.1) is 0 Å². The van der Waals surface area contributed by atoms with Crippen LogP contribution in [0.1, 0.15) is 28.4 Å². The van der Waals surface area contributed by atoms with Crippen LogP contribution in [0.3, 0.4) is 0 Å². The van der Waals surface area contributed by atoms with Crippen LogP contribution < -0.4 is 4.74 Å². The number of hydrogen-bond donors (Lipinski definition) is 0. The van der Waals surface area contributed by atoms with Gasteiger partial charge in [-0.25, -0.2) is 0 Å². The van der Waals surface area contributed by atoms with Crippen LogP contribution in [0.25, 0.3) is 0 Å². The number of fused-ring (bicyclic) bond motifs is 2. The van der Waals surface area contributed by atoms with Crippen molar-refractivity contribution in [3.8, 4) is 5.75 Å². The fraction of sp³-hybridized carbons (Fsp3) is 0.538. The average molecular weight is 285 g/mol. The zero-order chi connectivity index (χ0) is 12.8. The molecule has 0 amide bonds. The van der Waals surface area contributed by atoms with Crippen LogP contribution >= 0.6 is 15.9 Å². The quantitative estimate of drug-likeness (QED) is 0.845. The Morgan fingerprint density at radius 1 is 1.56 bits per heavy atom. The second kappa shape index (κ2) is 4.04. The lowest BCUT2D eigenvalue weighted by Crippen LogP contribution is -2.32. The fourth-order valence-electron chi connectivity index (χ4n) is 2.32. The topological polar surface area (TPSA) is 18.5 Å². The Morgan fingerprint density at radius 2 is 2.50 bits per heavy atom. The predicted octanol–water partition coefficient (Wildman–Crippen LogP) is 3.54. The Balaban J connectivity index is 1.73. The summed E-state index contributed by atoms with van der Waals surface area (Å²) < 4.78 is 28.7. The monoisotopic (exact) mass is 284 g/mol. The van der Waals surface area contributed by atoms with Gasteiger partial charge in [-0.2, -0.15) is 0 Å². The molecule has 1 aromatic carbocycles. The minimum atomic E-state index is -1.28. The molecule has 0 aromatic heterocycles. The van der Waals surface area contributed by atoms with E-state index in [4.69, 9.17) is 12.2 Å². The van der Waals surface area contributed by atoms with E-state index in [1.54, 1.807) is 0 Å². The molecule has 86 valence electrons. The minimum absolute atomic E-state index is 0.0751. The summed E-state index contributed by atoms with van der Waals surface area (Å²) in [7, 11) is 0. The Labute approximate surface area is 107 Å². The van der Waals surface area contributed by atoms with E-state index in [-0.39, 0.29) is 12.7 Å². The van der Waals surface area contributed by atoms with Gasteiger partial charge >= 0.3 is 0 Å². The maximum absolute atomic E-state index is 8.08. The molecule has 2 saturated heterocycles. The number of halogens is 1. The smallest absolute Gasteiger partial charge is 0.120 e. The van der Waals surface area contributed by atoms with Crippen molar-refractivity contribution in [3.05, 3.63) is 28.7 Å².